The van der Waals surface area contributed by atoms with E-state index < -0.39 is 23.5 Å². The summed E-state index contributed by atoms with van der Waals surface area (Å²) in [6.45, 7) is 0. The largest absolute Gasteiger partial charge is 0.433 e. The summed E-state index contributed by atoms with van der Waals surface area (Å²) in [4.78, 5) is 11.2. The number of imidazole rings is 1. The number of benzene rings is 1. The monoisotopic (exact) mass is 376 g/mol. The highest BCUT2D eigenvalue weighted by Gasteiger charge is 2.33. The van der Waals surface area contributed by atoms with Gasteiger partial charge in [-0.2, -0.15) is 13.2 Å². The lowest BCUT2D eigenvalue weighted by Gasteiger charge is -2.08. The molecule has 0 aliphatic heterocycles. The van der Waals surface area contributed by atoms with Gasteiger partial charge in [0.2, 0.25) is 5.78 Å². The second kappa shape index (κ2) is 6.11. The fraction of sp³-hybridized carbons (Fsp3) is 0.0556. The van der Waals surface area contributed by atoms with Crippen LogP contribution >= 0.6 is 0 Å². The molecule has 27 heavy (non-hydrogen) atoms. The van der Waals surface area contributed by atoms with Crippen molar-refractivity contribution in [2.45, 2.75) is 6.18 Å². The Labute approximate surface area is 149 Å². The molecule has 0 bridgehead atoms. The molecule has 3 heterocycles. The van der Waals surface area contributed by atoms with Gasteiger partial charge in [0.25, 0.3) is 0 Å². The minimum Gasteiger partial charge on any atom is -0.284 e. The van der Waals surface area contributed by atoms with Crippen molar-refractivity contribution in [3.63, 3.8) is 0 Å². The Kier molecular flexibility index (Phi) is 3.87. The highest BCUT2D eigenvalue weighted by Crippen LogP contribution is 2.31. The van der Waals surface area contributed by atoms with Crippen molar-refractivity contribution in [3.05, 3.63) is 72.3 Å². The van der Waals surface area contributed by atoms with Crippen LogP contribution in [0.2, 0.25) is 0 Å². The van der Waals surface area contributed by atoms with Gasteiger partial charge in [-0.05, 0) is 36.4 Å². The molecule has 0 aliphatic carbocycles. The molecule has 0 N–H and O–H groups in total. The van der Waals surface area contributed by atoms with Gasteiger partial charge in [-0.25, -0.2) is 18.7 Å². The summed E-state index contributed by atoms with van der Waals surface area (Å²) in [6.07, 6.45) is -0.763. The molecule has 4 rings (SSSR count). The molecule has 0 fully saturated rings. The molecule has 0 aliphatic rings. The Morgan fingerprint density at radius 2 is 1.74 bits per heavy atom. The van der Waals surface area contributed by atoms with E-state index in [4.69, 9.17) is 0 Å². The molecule has 9 heteroatoms. The Morgan fingerprint density at radius 3 is 2.48 bits per heavy atom. The molecule has 0 radical (unpaired) electrons. The second-order valence-corrected chi connectivity index (χ2v) is 5.65. The van der Waals surface area contributed by atoms with E-state index in [1.54, 1.807) is 0 Å². The third kappa shape index (κ3) is 3.01. The third-order valence-corrected chi connectivity index (χ3v) is 3.95. The van der Waals surface area contributed by atoms with Gasteiger partial charge in [0.15, 0.2) is 0 Å². The maximum absolute atomic E-state index is 14.2. The Bertz CT molecular complexity index is 1150. The van der Waals surface area contributed by atoms with Gasteiger partial charge in [0.1, 0.15) is 23.0 Å². The van der Waals surface area contributed by atoms with Crippen LogP contribution in [0, 0.1) is 11.6 Å². The summed E-state index contributed by atoms with van der Waals surface area (Å²) in [7, 11) is 0. The number of hydrogen-bond acceptors (Lipinski definition) is 3. The zero-order valence-corrected chi connectivity index (χ0v) is 13.4. The maximum Gasteiger partial charge on any atom is 0.433 e. The number of halogens is 5. The predicted molar refractivity (Wildman–Crippen MR) is 86.6 cm³/mol. The topological polar surface area (TPSA) is 43.1 Å². The first-order valence-electron chi connectivity index (χ1n) is 7.67. The van der Waals surface area contributed by atoms with E-state index in [-0.39, 0.29) is 17.0 Å². The highest BCUT2D eigenvalue weighted by molar-refractivity contribution is 5.71. The lowest BCUT2D eigenvalue weighted by molar-refractivity contribution is -0.141. The smallest absolute Gasteiger partial charge is 0.284 e. The highest BCUT2D eigenvalue weighted by atomic mass is 19.4. The molecule has 0 saturated carbocycles. The minimum absolute atomic E-state index is 0.0691. The number of pyridine rings is 1. The summed E-state index contributed by atoms with van der Waals surface area (Å²) >= 11 is 0. The first-order valence-corrected chi connectivity index (χ1v) is 7.67. The summed E-state index contributed by atoms with van der Waals surface area (Å²) in [5.74, 6) is -1.53. The summed E-state index contributed by atoms with van der Waals surface area (Å²) in [6, 6.07) is 7.28. The summed E-state index contributed by atoms with van der Waals surface area (Å²) in [5.41, 5.74) is -0.500. The average molecular weight is 376 g/mol. The fourth-order valence-electron chi connectivity index (χ4n) is 2.69. The molecular weight excluding hydrogens is 367 g/mol. The number of alkyl halides is 3. The number of aromatic nitrogens is 4. The summed E-state index contributed by atoms with van der Waals surface area (Å²) in [5, 5.41) is 0. The third-order valence-electron chi connectivity index (χ3n) is 3.95. The number of hydrogen-bond donors (Lipinski definition) is 0. The predicted octanol–water partition coefficient (Wildman–Crippen LogP) is 4.76. The number of nitrogens with zero attached hydrogens (tertiary/aromatic N) is 4. The SMILES string of the molecule is Fc1ccc(-c2cnc3nc(C(F)(F)F)ccn23)cc1-c1ncccc1F. The Hall–Kier alpha value is -3.36. The minimum atomic E-state index is -4.59. The first kappa shape index (κ1) is 17.1. The average Bonchev–Trinajstić information content (AvgIpc) is 3.05. The van der Waals surface area contributed by atoms with Gasteiger partial charge in [0.05, 0.1) is 11.9 Å². The molecule has 0 atom stereocenters. The van der Waals surface area contributed by atoms with Crippen LogP contribution in [0.25, 0.3) is 28.3 Å². The molecule has 0 amide bonds. The van der Waals surface area contributed by atoms with Crippen molar-refractivity contribution in [3.8, 4) is 22.5 Å². The van der Waals surface area contributed by atoms with Gasteiger partial charge in [-0.1, -0.05) is 0 Å². The molecule has 3 aromatic heterocycles. The zero-order chi connectivity index (χ0) is 19.2. The van der Waals surface area contributed by atoms with E-state index in [1.165, 1.54) is 41.2 Å². The fourth-order valence-corrected chi connectivity index (χ4v) is 2.69. The molecule has 4 nitrogen and oxygen atoms in total. The standard InChI is InChI=1S/C18H9F5N4/c19-12-4-3-10(8-11(12)16-13(20)2-1-6-24-16)14-9-25-17-26-15(18(21,22)23)5-7-27(14)17/h1-9H. The lowest BCUT2D eigenvalue weighted by atomic mass is 10.0. The molecule has 1 aromatic carbocycles. The van der Waals surface area contributed by atoms with E-state index in [2.05, 4.69) is 15.0 Å². The van der Waals surface area contributed by atoms with E-state index >= 15 is 0 Å². The van der Waals surface area contributed by atoms with E-state index in [9.17, 15) is 22.0 Å². The number of rotatable bonds is 2. The zero-order valence-electron chi connectivity index (χ0n) is 13.4. The van der Waals surface area contributed by atoms with Crippen LogP contribution < -0.4 is 0 Å². The molecule has 0 saturated heterocycles. The van der Waals surface area contributed by atoms with Crippen LogP contribution in [-0.4, -0.2) is 19.4 Å². The van der Waals surface area contributed by atoms with Gasteiger partial charge >= 0.3 is 6.18 Å². The van der Waals surface area contributed by atoms with Crippen LogP contribution in [0.1, 0.15) is 5.69 Å². The second-order valence-electron chi connectivity index (χ2n) is 5.65. The van der Waals surface area contributed by atoms with Crippen molar-refractivity contribution in [1.82, 2.24) is 19.4 Å². The van der Waals surface area contributed by atoms with Crippen molar-refractivity contribution < 1.29 is 22.0 Å². The van der Waals surface area contributed by atoms with Crippen LogP contribution in [0.5, 0.6) is 0 Å². The van der Waals surface area contributed by atoms with Gasteiger partial charge < -0.3 is 0 Å². The Morgan fingerprint density at radius 1 is 0.926 bits per heavy atom. The van der Waals surface area contributed by atoms with E-state index in [1.807, 2.05) is 0 Å². The van der Waals surface area contributed by atoms with Crippen LogP contribution in [0.15, 0.2) is 55.0 Å². The van der Waals surface area contributed by atoms with Gasteiger partial charge in [0, 0.05) is 23.5 Å². The van der Waals surface area contributed by atoms with Crippen LogP contribution in [0.4, 0.5) is 22.0 Å². The van der Waals surface area contributed by atoms with Crippen molar-refractivity contribution in [1.29, 1.82) is 0 Å². The van der Waals surface area contributed by atoms with Crippen molar-refractivity contribution in [2.75, 3.05) is 0 Å². The molecule has 136 valence electrons. The van der Waals surface area contributed by atoms with Crippen LogP contribution in [0.3, 0.4) is 0 Å². The van der Waals surface area contributed by atoms with Gasteiger partial charge in [-0.15, -0.1) is 0 Å². The maximum atomic E-state index is 14.2. The van der Waals surface area contributed by atoms with Crippen LogP contribution in [-0.2, 0) is 6.18 Å². The van der Waals surface area contributed by atoms with Crippen molar-refractivity contribution >= 4 is 5.78 Å². The number of fused-ring (bicyclic) bond motifs is 1. The Balaban J connectivity index is 1.85. The molecule has 4 aromatic rings. The normalized spacial score (nSPS) is 11.9. The molecule has 0 spiro atoms. The van der Waals surface area contributed by atoms with E-state index in [0.29, 0.717) is 11.3 Å². The quantitative estimate of drug-likeness (QED) is 0.474. The molecule has 0 unspecified atom stereocenters. The van der Waals surface area contributed by atoms with Gasteiger partial charge in [-0.3, -0.25) is 9.38 Å². The summed E-state index contributed by atoms with van der Waals surface area (Å²) < 4.78 is 67.9. The first-order chi connectivity index (χ1) is 12.8. The molecular formula is C18H9F5N4. The van der Waals surface area contributed by atoms with Crippen molar-refractivity contribution in [2.24, 2.45) is 0 Å². The van der Waals surface area contributed by atoms with E-state index in [0.717, 1.165) is 18.2 Å². The lowest BCUT2D eigenvalue weighted by Crippen LogP contribution is -2.09.